The van der Waals surface area contributed by atoms with E-state index in [1.165, 1.54) is 29.3 Å². The Balaban J connectivity index is 1.58. The van der Waals surface area contributed by atoms with Gasteiger partial charge in [-0.2, -0.15) is 9.78 Å². The first-order valence-corrected chi connectivity index (χ1v) is 11.6. The number of hydrogen-bond acceptors (Lipinski definition) is 7. The molecule has 1 saturated carbocycles. The molecule has 0 atom stereocenters. The Morgan fingerprint density at radius 2 is 1.91 bits per heavy atom. The van der Waals surface area contributed by atoms with Crippen molar-refractivity contribution in [3.05, 3.63) is 75.7 Å². The average Bonchev–Trinajstić information content (AvgIpc) is 3.33. The van der Waals surface area contributed by atoms with Crippen LogP contribution >= 0.6 is 11.8 Å². The van der Waals surface area contributed by atoms with Crippen molar-refractivity contribution >= 4 is 18.0 Å². The smallest absolute Gasteiger partial charge is 0.296 e. The standard InChI is InChI=1S/C24H26N4O3S/c1-17-23(29)28(24(27-26-17)32-16-18-8-4-3-5-9-18)25-15-19-12-13-21(30-2)22(14-19)31-20-10-6-7-11-20/h3-5,8-9,12-15,20H,6-7,10-11,16H2,1-2H3/b25-15+. The number of hydrogen-bond donors (Lipinski definition) is 0. The molecule has 1 aromatic heterocycles. The number of ether oxygens (including phenoxy) is 2. The number of rotatable bonds is 8. The van der Waals surface area contributed by atoms with Gasteiger partial charge in [0, 0.05) is 5.75 Å². The van der Waals surface area contributed by atoms with E-state index in [1.54, 1.807) is 20.2 Å². The van der Waals surface area contributed by atoms with Crippen LogP contribution in [-0.4, -0.2) is 34.3 Å². The topological polar surface area (TPSA) is 78.6 Å². The van der Waals surface area contributed by atoms with E-state index in [9.17, 15) is 4.79 Å². The molecule has 1 aliphatic rings. The Labute approximate surface area is 191 Å². The Kier molecular flexibility index (Phi) is 7.21. The first-order chi connectivity index (χ1) is 15.6. The molecule has 166 valence electrons. The number of aromatic nitrogens is 3. The van der Waals surface area contributed by atoms with Crippen molar-refractivity contribution in [2.45, 2.75) is 49.6 Å². The summed E-state index contributed by atoms with van der Waals surface area (Å²) in [5.74, 6) is 2.04. The number of thioether (sulfide) groups is 1. The Bertz CT molecular complexity index is 1140. The third-order valence-electron chi connectivity index (χ3n) is 5.29. The van der Waals surface area contributed by atoms with Gasteiger partial charge in [0.15, 0.2) is 11.5 Å². The Morgan fingerprint density at radius 3 is 2.66 bits per heavy atom. The van der Waals surface area contributed by atoms with Gasteiger partial charge in [-0.15, -0.1) is 10.2 Å². The van der Waals surface area contributed by atoms with Gasteiger partial charge in [-0.05, 0) is 61.9 Å². The predicted octanol–water partition coefficient (Wildman–Crippen LogP) is 4.45. The van der Waals surface area contributed by atoms with Gasteiger partial charge in [-0.25, -0.2) is 0 Å². The third kappa shape index (κ3) is 5.37. The lowest BCUT2D eigenvalue weighted by molar-refractivity contribution is 0.201. The van der Waals surface area contributed by atoms with Crippen LogP contribution in [0.4, 0.5) is 0 Å². The Hall–Kier alpha value is -3.13. The molecule has 1 heterocycles. The molecule has 3 aromatic rings. The molecule has 8 heteroatoms. The van der Waals surface area contributed by atoms with Crippen LogP contribution in [0.5, 0.6) is 11.5 Å². The van der Waals surface area contributed by atoms with E-state index in [0.29, 0.717) is 28.1 Å². The summed E-state index contributed by atoms with van der Waals surface area (Å²) in [6, 6.07) is 15.6. The summed E-state index contributed by atoms with van der Waals surface area (Å²) < 4.78 is 12.9. The summed E-state index contributed by atoms with van der Waals surface area (Å²) in [7, 11) is 1.63. The van der Waals surface area contributed by atoms with Crippen molar-refractivity contribution in [2.24, 2.45) is 5.10 Å². The fourth-order valence-electron chi connectivity index (χ4n) is 3.53. The van der Waals surface area contributed by atoms with Gasteiger partial charge in [0.2, 0.25) is 5.16 Å². The van der Waals surface area contributed by atoms with Crippen molar-refractivity contribution in [2.75, 3.05) is 7.11 Å². The van der Waals surface area contributed by atoms with Crippen LogP contribution in [-0.2, 0) is 5.75 Å². The van der Waals surface area contributed by atoms with Crippen LogP contribution in [0.25, 0.3) is 0 Å². The molecule has 4 rings (SSSR count). The molecule has 7 nitrogen and oxygen atoms in total. The van der Waals surface area contributed by atoms with Gasteiger partial charge >= 0.3 is 0 Å². The van der Waals surface area contributed by atoms with E-state index < -0.39 is 0 Å². The lowest BCUT2D eigenvalue weighted by atomic mass is 10.2. The summed E-state index contributed by atoms with van der Waals surface area (Å²) in [4.78, 5) is 12.7. The molecule has 0 amide bonds. The zero-order valence-corrected chi connectivity index (χ0v) is 19.0. The highest BCUT2D eigenvalue weighted by Gasteiger charge is 2.18. The maximum atomic E-state index is 12.7. The summed E-state index contributed by atoms with van der Waals surface area (Å²) >= 11 is 1.42. The second kappa shape index (κ2) is 10.5. The number of aryl methyl sites for hydroxylation is 1. The summed E-state index contributed by atoms with van der Waals surface area (Å²) in [6.07, 6.45) is 6.34. The SMILES string of the molecule is COc1ccc(/C=N/n2c(SCc3ccccc3)nnc(C)c2=O)cc1OC1CCCC1. The van der Waals surface area contributed by atoms with Gasteiger partial charge in [0.25, 0.3) is 5.56 Å². The normalized spacial score (nSPS) is 14.2. The van der Waals surface area contributed by atoms with Gasteiger partial charge < -0.3 is 9.47 Å². The lowest BCUT2D eigenvalue weighted by Crippen LogP contribution is -2.23. The fraction of sp³-hybridized carbons (Fsp3) is 0.333. The summed E-state index contributed by atoms with van der Waals surface area (Å²) in [6.45, 7) is 1.63. The number of methoxy groups -OCH3 is 1. The van der Waals surface area contributed by atoms with Crippen LogP contribution in [0.1, 0.15) is 42.5 Å². The third-order valence-corrected chi connectivity index (χ3v) is 6.28. The average molecular weight is 451 g/mol. The molecule has 1 fully saturated rings. The van der Waals surface area contributed by atoms with Gasteiger partial charge in [0.05, 0.1) is 19.4 Å². The van der Waals surface area contributed by atoms with Crippen LogP contribution in [0.3, 0.4) is 0 Å². The van der Waals surface area contributed by atoms with Crippen LogP contribution in [0.15, 0.2) is 63.6 Å². The molecular formula is C24H26N4O3S. The van der Waals surface area contributed by atoms with Crippen molar-refractivity contribution in [3.63, 3.8) is 0 Å². The van der Waals surface area contributed by atoms with Crippen LogP contribution in [0, 0.1) is 6.92 Å². The maximum absolute atomic E-state index is 12.7. The molecule has 0 bridgehead atoms. The molecule has 0 N–H and O–H groups in total. The van der Waals surface area contributed by atoms with Gasteiger partial charge in [0.1, 0.15) is 5.69 Å². The largest absolute Gasteiger partial charge is 0.493 e. The maximum Gasteiger partial charge on any atom is 0.296 e. The first kappa shape index (κ1) is 22.1. The van der Waals surface area contributed by atoms with E-state index in [0.717, 1.165) is 24.0 Å². The summed E-state index contributed by atoms with van der Waals surface area (Å²) in [5.41, 5.74) is 1.94. The quantitative estimate of drug-likeness (QED) is 0.373. The van der Waals surface area contributed by atoms with Crippen LogP contribution in [0.2, 0.25) is 0 Å². The van der Waals surface area contributed by atoms with Crippen molar-refractivity contribution in [3.8, 4) is 11.5 Å². The highest BCUT2D eigenvalue weighted by Crippen LogP contribution is 2.32. The zero-order valence-electron chi connectivity index (χ0n) is 18.2. The molecule has 0 unspecified atom stereocenters. The second-order valence-electron chi connectivity index (χ2n) is 7.64. The van der Waals surface area contributed by atoms with Crippen molar-refractivity contribution in [1.29, 1.82) is 0 Å². The fourth-order valence-corrected chi connectivity index (χ4v) is 4.37. The Morgan fingerprint density at radius 1 is 1.12 bits per heavy atom. The van der Waals surface area contributed by atoms with E-state index >= 15 is 0 Å². The predicted molar refractivity (Wildman–Crippen MR) is 126 cm³/mol. The highest BCUT2D eigenvalue weighted by molar-refractivity contribution is 7.98. The van der Waals surface area contributed by atoms with Crippen molar-refractivity contribution < 1.29 is 9.47 Å². The minimum Gasteiger partial charge on any atom is -0.493 e. The molecule has 0 saturated heterocycles. The van der Waals surface area contributed by atoms with E-state index in [2.05, 4.69) is 15.3 Å². The molecular weight excluding hydrogens is 424 g/mol. The molecule has 0 spiro atoms. The van der Waals surface area contributed by atoms with Crippen LogP contribution < -0.4 is 15.0 Å². The molecule has 32 heavy (non-hydrogen) atoms. The van der Waals surface area contributed by atoms with Gasteiger partial charge in [-0.1, -0.05) is 42.1 Å². The van der Waals surface area contributed by atoms with E-state index in [4.69, 9.17) is 9.47 Å². The minimum absolute atomic E-state index is 0.215. The van der Waals surface area contributed by atoms with E-state index in [-0.39, 0.29) is 11.7 Å². The van der Waals surface area contributed by atoms with Gasteiger partial charge in [-0.3, -0.25) is 4.79 Å². The van der Waals surface area contributed by atoms with E-state index in [1.807, 2.05) is 48.5 Å². The zero-order chi connectivity index (χ0) is 22.3. The minimum atomic E-state index is -0.289. The first-order valence-electron chi connectivity index (χ1n) is 10.7. The van der Waals surface area contributed by atoms with Crippen molar-refractivity contribution in [1.82, 2.24) is 14.9 Å². The lowest BCUT2D eigenvalue weighted by Gasteiger charge is -2.16. The highest BCUT2D eigenvalue weighted by atomic mass is 32.2. The summed E-state index contributed by atoms with van der Waals surface area (Å²) in [5, 5.41) is 13.1. The second-order valence-corrected chi connectivity index (χ2v) is 8.58. The molecule has 2 aromatic carbocycles. The molecule has 0 aliphatic heterocycles. The monoisotopic (exact) mass is 450 g/mol. The molecule has 1 aliphatic carbocycles. The number of nitrogens with zero attached hydrogens (tertiary/aromatic N) is 4. The number of benzene rings is 2. The molecule has 0 radical (unpaired) electrons.